The molecule has 1 aromatic carbocycles. The Balaban J connectivity index is 1.83. The van der Waals surface area contributed by atoms with E-state index in [0.717, 1.165) is 24.6 Å². The molecule has 1 aliphatic heterocycles. The third-order valence-electron chi connectivity index (χ3n) is 4.01. The molecule has 3 heteroatoms. The molecule has 96 valence electrons. The zero-order chi connectivity index (χ0) is 12.4. The summed E-state index contributed by atoms with van der Waals surface area (Å²) >= 11 is 0. The Hall–Kier alpha value is -1.51. The summed E-state index contributed by atoms with van der Waals surface area (Å²) in [7, 11) is 0. The first-order valence-corrected chi connectivity index (χ1v) is 6.89. The summed E-state index contributed by atoms with van der Waals surface area (Å²) in [5, 5.41) is 0. The van der Waals surface area contributed by atoms with E-state index in [4.69, 9.17) is 15.5 Å². The van der Waals surface area contributed by atoms with Crippen LogP contribution in [0.15, 0.2) is 29.3 Å². The minimum Gasteiger partial charge on any atom is -0.493 e. The summed E-state index contributed by atoms with van der Waals surface area (Å²) in [4.78, 5) is 4.77. The molecule has 0 aromatic heterocycles. The molecule has 1 unspecified atom stereocenters. The van der Waals surface area contributed by atoms with Crippen molar-refractivity contribution in [3.63, 3.8) is 0 Å². The number of hydrogen-bond donors (Lipinski definition) is 1. The Labute approximate surface area is 108 Å². The first-order chi connectivity index (χ1) is 8.84. The molecular formula is C15H20N2O. The van der Waals surface area contributed by atoms with Crippen LogP contribution in [0.4, 0.5) is 0 Å². The van der Waals surface area contributed by atoms with Gasteiger partial charge in [-0.1, -0.05) is 31.0 Å². The summed E-state index contributed by atoms with van der Waals surface area (Å²) in [6.07, 6.45) is 5.95. The highest BCUT2D eigenvalue weighted by molar-refractivity contribution is 5.83. The lowest BCUT2D eigenvalue weighted by atomic mass is 10.0. The fourth-order valence-electron chi connectivity index (χ4n) is 2.96. The van der Waals surface area contributed by atoms with Crippen LogP contribution in [0.2, 0.25) is 0 Å². The van der Waals surface area contributed by atoms with Gasteiger partial charge >= 0.3 is 0 Å². The van der Waals surface area contributed by atoms with E-state index in [0.29, 0.717) is 5.92 Å². The van der Waals surface area contributed by atoms with Crippen molar-refractivity contribution in [3.8, 4) is 5.75 Å². The fourth-order valence-corrected chi connectivity index (χ4v) is 2.96. The maximum absolute atomic E-state index is 6.18. The highest BCUT2D eigenvalue weighted by Crippen LogP contribution is 2.35. The molecule has 18 heavy (non-hydrogen) atoms. The van der Waals surface area contributed by atoms with Crippen LogP contribution in [-0.4, -0.2) is 12.4 Å². The Morgan fingerprint density at radius 1 is 1.17 bits per heavy atom. The van der Waals surface area contributed by atoms with Gasteiger partial charge in [0, 0.05) is 17.9 Å². The van der Waals surface area contributed by atoms with Crippen LogP contribution < -0.4 is 10.5 Å². The average Bonchev–Trinajstić information content (AvgIpc) is 2.93. The van der Waals surface area contributed by atoms with E-state index in [1.54, 1.807) is 0 Å². The predicted molar refractivity (Wildman–Crippen MR) is 72.9 cm³/mol. The lowest BCUT2D eigenvalue weighted by Gasteiger charge is -2.24. The van der Waals surface area contributed by atoms with E-state index in [-0.39, 0.29) is 6.04 Å². The largest absolute Gasteiger partial charge is 0.493 e. The normalized spacial score (nSPS) is 24.7. The second-order valence-corrected chi connectivity index (χ2v) is 5.23. The highest BCUT2D eigenvalue weighted by Gasteiger charge is 2.23. The van der Waals surface area contributed by atoms with Gasteiger partial charge in [-0.2, -0.15) is 0 Å². The monoisotopic (exact) mass is 244 g/mol. The van der Waals surface area contributed by atoms with Gasteiger partial charge in [-0.15, -0.1) is 0 Å². The van der Waals surface area contributed by atoms with Crippen LogP contribution in [0.1, 0.15) is 43.7 Å². The topological polar surface area (TPSA) is 47.6 Å². The second-order valence-electron chi connectivity index (χ2n) is 5.23. The molecular weight excluding hydrogens is 224 g/mol. The molecule has 1 aromatic rings. The average molecular weight is 244 g/mol. The van der Waals surface area contributed by atoms with Gasteiger partial charge in [-0.25, -0.2) is 0 Å². The van der Waals surface area contributed by atoms with Crippen LogP contribution >= 0.6 is 0 Å². The number of amidine groups is 1. The number of aliphatic imine (C=N–C) groups is 1. The van der Waals surface area contributed by atoms with Crippen molar-refractivity contribution in [2.24, 2.45) is 16.6 Å². The van der Waals surface area contributed by atoms with Crippen molar-refractivity contribution in [1.29, 1.82) is 0 Å². The molecule has 2 N–H and O–H groups in total. The molecule has 0 spiro atoms. The van der Waals surface area contributed by atoms with Gasteiger partial charge in [-0.05, 0) is 18.9 Å². The van der Waals surface area contributed by atoms with Crippen molar-refractivity contribution in [1.82, 2.24) is 0 Å². The molecule has 3 rings (SSSR count). The number of para-hydroxylation sites is 1. The maximum Gasteiger partial charge on any atom is 0.124 e. The molecule has 1 heterocycles. The molecule has 0 saturated heterocycles. The van der Waals surface area contributed by atoms with Crippen molar-refractivity contribution in [2.45, 2.75) is 38.1 Å². The molecule has 1 saturated carbocycles. The first-order valence-electron chi connectivity index (χ1n) is 6.89. The van der Waals surface area contributed by atoms with Crippen LogP contribution in [0.5, 0.6) is 5.75 Å². The summed E-state index contributed by atoms with van der Waals surface area (Å²) in [6.45, 7) is 0.739. The van der Waals surface area contributed by atoms with Crippen LogP contribution in [-0.2, 0) is 0 Å². The third kappa shape index (κ3) is 2.22. The molecule has 0 amide bonds. The lowest BCUT2D eigenvalue weighted by molar-refractivity contribution is 0.269. The lowest BCUT2D eigenvalue weighted by Crippen LogP contribution is -2.24. The summed E-state index contributed by atoms with van der Waals surface area (Å²) in [5.41, 5.74) is 7.36. The Morgan fingerprint density at radius 2 is 1.94 bits per heavy atom. The third-order valence-corrected chi connectivity index (χ3v) is 4.01. The number of rotatable bonds is 2. The SMILES string of the molecule is NC(=NC1CCOc2ccccc21)C1CCCC1. The molecule has 1 fully saturated rings. The molecule has 0 bridgehead atoms. The van der Waals surface area contributed by atoms with Gasteiger partial charge in [-0.3, -0.25) is 4.99 Å². The van der Waals surface area contributed by atoms with Crippen LogP contribution in [0.25, 0.3) is 0 Å². The van der Waals surface area contributed by atoms with Crippen LogP contribution in [0, 0.1) is 5.92 Å². The highest BCUT2D eigenvalue weighted by atomic mass is 16.5. The van der Waals surface area contributed by atoms with Crippen molar-refractivity contribution >= 4 is 5.84 Å². The van der Waals surface area contributed by atoms with Gasteiger partial charge in [0.15, 0.2) is 0 Å². The molecule has 3 nitrogen and oxygen atoms in total. The smallest absolute Gasteiger partial charge is 0.124 e. The maximum atomic E-state index is 6.18. The van der Waals surface area contributed by atoms with Crippen molar-refractivity contribution in [2.75, 3.05) is 6.61 Å². The van der Waals surface area contributed by atoms with E-state index in [1.807, 2.05) is 18.2 Å². The number of nitrogens with two attached hydrogens (primary N) is 1. The zero-order valence-corrected chi connectivity index (χ0v) is 10.6. The molecule has 1 aliphatic carbocycles. The van der Waals surface area contributed by atoms with Gasteiger partial charge in [0.25, 0.3) is 0 Å². The minimum atomic E-state index is 0.190. The minimum absolute atomic E-state index is 0.190. The van der Waals surface area contributed by atoms with Crippen LogP contribution in [0.3, 0.4) is 0 Å². The fraction of sp³-hybridized carbons (Fsp3) is 0.533. The summed E-state index contributed by atoms with van der Waals surface area (Å²) < 4.78 is 5.65. The quantitative estimate of drug-likeness (QED) is 0.642. The summed E-state index contributed by atoms with van der Waals surface area (Å²) in [6, 6.07) is 8.36. The van der Waals surface area contributed by atoms with Gasteiger partial charge in [0.1, 0.15) is 5.75 Å². The molecule has 1 atom stereocenters. The molecule has 2 aliphatic rings. The Morgan fingerprint density at radius 3 is 2.78 bits per heavy atom. The van der Waals surface area contributed by atoms with E-state index in [1.165, 1.54) is 31.2 Å². The predicted octanol–water partition coefficient (Wildman–Crippen LogP) is 3.06. The number of nitrogens with zero attached hydrogens (tertiary/aromatic N) is 1. The Kier molecular flexibility index (Phi) is 3.22. The van der Waals surface area contributed by atoms with E-state index < -0.39 is 0 Å². The number of hydrogen-bond acceptors (Lipinski definition) is 2. The van der Waals surface area contributed by atoms with Gasteiger partial charge in [0.05, 0.1) is 18.5 Å². The van der Waals surface area contributed by atoms with E-state index in [2.05, 4.69) is 6.07 Å². The number of fused-ring (bicyclic) bond motifs is 1. The summed E-state index contributed by atoms with van der Waals surface area (Å²) in [5.74, 6) is 2.34. The zero-order valence-electron chi connectivity index (χ0n) is 10.6. The van der Waals surface area contributed by atoms with E-state index >= 15 is 0 Å². The van der Waals surface area contributed by atoms with Gasteiger partial charge < -0.3 is 10.5 Å². The van der Waals surface area contributed by atoms with Crippen molar-refractivity contribution in [3.05, 3.63) is 29.8 Å². The standard InChI is InChI=1S/C15H20N2O/c16-15(11-5-1-2-6-11)17-13-9-10-18-14-8-4-3-7-12(13)14/h3-4,7-8,11,13H,1-2,5-6,9-10H2,(H2,16,17). The second kappa shape index (κ2) is 5.01. The van der Waals surface area contributed by atoms with Crippen molar-refractivity contribution < 1.29 is 4.74 Å². The van der Waals surface area contributed by atoms with Gasteiger partial charge in [0.2, 0.25) is 0 Å². The number of benzene rings is 1. The number of ether oxygens (including phenoxy) is 1. The first kappa shape index (κ1) is 11.6. The molecule has 0 radical (unpaired) electrons. The Bertz CT molecular complexity index is 450. The van der Waals surface area contributed by atoms with E-state index in [9.17, 15) is 0 Å².